The molecule has 0 saturated heterocycles. The Morgan fingerprint density at radius 3 is 2.36 bits per heavy atom. The highest BCUT2D eigenvalue weighted by Crippen LogP contribution is 1.98. The van der Waals surface area contributed by atoms with Gasteiger partial charge in [-0.05, 0) is 12.8 Å². The number of alkyl halides is 1. The highest BCUT2D eigenvalue weighted by molar-refractivity contribution is 5.72. The Kier molecular flexibility index (Phi) is 4.72. The summed E-state index contributed by atoms with van der Waals surface area (Å²) in [5.74, 6) is -1.07. The normalized spacial score (nSPS) is 15.9. The van der Waals surface area contributed by atoms with Crippen LogP contribution in [0.15, 0.2) is 0 Å². The third-order valence-electron chi connectivity index (χ3n) is 1.36. The first-order chi connectivity index (χ1) is 5.07. The van der Waals surface area contributed by atoms with Crippen LogP contribution in [0.4, 0.5) is 4.39 Å². The van der Waals surface area contributed by atoms with Crippen LogP contribution in [0.25, 0.3) is 0 Å². The maximum Gasteiger partial charge on any atom is 0.320 e. The van der Waals surface area contributed by atoms with Crippen molar-refractivity contribution in [3.05, 3.63) is 0 Å². The van der Waals surface area contributed by atoms with Crippen molar-refractivity contribution in [3.63, 3.8) is 0 Å². The first-order valence-electron chi connectivity index (χ1n) is 3.38. The Bertz CT molecular complexity index is 132. The third kappa shape index (κ3) is 4.69. The Morgan fingerprint density at radius 1 is 1.45 bits per heavy atom. The van der Waals surface area contributed by atoms with Gasteiger partial charge in [-0.25, -0.2) is 4.39 Å². The van der Waals surface area contributed by atoms with Crippen LogP contribution in [-0.4, -0.2) is 29.8 Å². The van der Waals surface area contributed by atoms with Gasteiger partial charge in [0, 0.05) is 6.04 Å². The number of hydrogen-bond acceptors (Lipinski definition) is 3. The molecule has 11 heavy (non-hydrogen) atoms. The van der Waals surface area contributed by atoms with Gasteiger partial charge in [-0.2, -0.15) is 0 Å². The highest BCUT2D eigenvalue weighted by atomic mass is 19.1. The van der Waals surface area contributed by atoms with Crippen LogP contribution in [0.1, 0.15) is 12.8 Å². The van der Waals surface area contributed by atoms with E-state index >= 15 is 0 Å². The van der Waals surface area contributed by atoms with Gasteiger partial charge < -0.3 is 16.6 Å². The number of carbonyl (C=O) groups is 1. The first-order valence-corrected chi connectivity index (χ1v) is 3.38. The summed E-state index contributed by atoms with van der Waals surface area (Å²) in [6.07, 6.45) is 0.532. The maximum absolute atomic E-state index is 11.7. The number of halogens is 1. The molecule has 0 fully saturated rings. The molecule has 0 saturated carbocycles. The van der Waals surface area contributed by atoms with E-state index in [1.807, 2.05) is 0 Å². The largest absolute Gasteiger partial charge is 0.480 e. The molecule has 0 radical (unpaired) electrons. The summed E-state index contributed by atoms with van der Waals surface area (Å²) >= 11 is 0. The topological polar surface area (TPSA) is 89.3 Å². The SMILES string of the molecule is N[C@H](CF)CC[C@H](N)C(=O)O. The van der Waals surface area contributed by atoms with Crippen LogP contribution < -0.4 is 11.5 Å². The molecule has 0 aromatic rings. The van der Waals surface area contributed by atoms with Gasteiger partial charge >= 0.3 is 5.97 Å². The summed E-state index contributed by atoms with van der Waals surface area (Å²) < 4.78 is 11.7. The standard InChI is InChI=1S/C6H13FN2O2/c7-3-4(8)1-2-5(9)6(10)11/h4-5H,1-3,8-9H2,(H,10,11)/t4-,5-/m0/s1. The summed E-state index contributed by atoms with van der Waals surface area (Å²) in [7, 11) is 0. The molecule has 0 rings (SSSR count). The maximum atomic E-state index is 11.7. The van der Waals surface area contributed by atoms with E-state index in [0.29, 0.717) is 6.42 Å². The van der Waals surface area contributed by atoms with Gasteiger partial charge in [0.15, 0.2) is 0 Å². The van der Waals surface area contributed by atoms with E-state index in [0.717, 1.165) is 0 Å². The molecule has 5 N–H and O–H groups in total. The highest BCUT2D eigenvalue weighted by Gasteiger charge is 2.12. The van der Waals surface area contributed by atoms with Crippen LogP contribution in [0, 0.1) is 0 Å². The third-order valence-corrected chi connectivity index (χ3v) is 1.36. The van der Waals surface area contributed by atoms with Gasteiger partial charge in [0.05, 0.1) is 0 Å². The molecule has 2 atom stereocenters. The second kappa shape index (κ2) is 5.03. The Balaban J connectivity index is 3.45. The van der Waals surface area contributed by atoms with Gasteiger partial charge in [-0.15, -0.1) is 0 Å². The molecule has 0 aliphatic rings. The second-order valence-corrected chi connectivity index (χ2v) is 2.44. The summed E-state index contributed by atoms with van der Waals surface area (Å²) in [6.45, 7) is -0.633. The zero-order valence-electron chi connectivity index (χ0n) is 6.16. The van der Waals surface area contributed by atoms with Crippen molar-refractivity contribution < 1.29 is 14.3 Å². The van der Waals surface area contributed by atoms with Crippen LogP contribution in [-0.2, 0) is 4.79 Å². The number of hydrogen-bond donors (Lipinski definition) is 3. The van der Waals surface area contributed by atoms with Crippen molar-refractivity contribution in [2.24, 2.45) is 11.5 Å². The predicted molar refractivity (Wildman–Crippen MR) is 38.8 cm³/mol. The quantitative estimate of drug-likeness (QED) is 0.509. The van der Waals surface area contributed by atoms with E-state index < -0.39 is 24.7 Å². The Morgan fingerprint density at radius 2 is 2.00 bits per heavy atom. The number of aliphatic carboxylic acids is 1. The average Bonchev–Trinajstić information content (AvgIpc) is 1.99. The monoisotopic (exact) mass is 164 g/mol. The molecule has 66 valence electrons. The average molecular weight is 164 g/mol. The molecular formula is C6H13FN2O2. The van der Waals surface area contributed by atoms with Crippen molar-refractivity contribution in [1.29, 1.82) is 0 Å². The fourth-order valence-electron chi connectivity index (χ4n) is 0.594. The smallest absolute Gasteiger partial charge is 0.320 e. The van der Waals surface area contributed by atoms with Crippen molar-refractivity contribution in [1.82, 2.24) is 0 Å². The summed E-state index contributed by atoms with van der Waals surface area (Å²) in [6, 6.07) is -1.51. The first kappa shape index (κ1) is 10.3. The van der Waals surface area contributed by atoms with E-state index in [9.17, 15) is 9.18 Å². The van der Waals surface area contributed by atoms with E-state index in [-0.39, 0.29) is 6.42 Å². The minimum Gasteiger partial charge on any atom is -0.480 e. The van der Waals surface area contributed by atoms with Crippen LogP contribution in [0.3, 0.4) is 0 Å². The van der Waals surface area contributed by atoms with Crippen molar-refractivity contribution in [3.8, 4) is 0 Å². The van der Waals surface area contributed by atoms with Gasteiger partial charge in [0.1, 0.15) is 12.7 Å². The van der Waals surface area contributed by atoms with Gasteiger partial charge in [-0.3, -0.25) is 4.79 Å². The molecule has 0 aromatic carbocycles. The zero-order chi connectivity index (χ0) is 8.85. The summed E-state index contributed by atoms with van der Waals surface area (Å²) in [5, 5.41) is 8.31. The van der Waals surface area contributed by atoms with Crippen molar-refractivity contribution >= 4 is 5.97 Å². The van der Waals surface area contributed by atoms with Crippen LogP contribution in [0.2, 0.25) is 0 Å². The fourth-order valence-corrected chi connectivity index (χ4v) is 0.594. The minimum atomic E-state index is -1.07. The zero-order valence-corrected chi connectivity index (χ0v) is 6.16. The fraction of sp³-hybridized carbons (Fsp3) is 0.833. The lowest BCUT2D eigenvalue weighted by Crippen LogP contribution is -2.33. The number of rotatable bonds is 5. The summed E-state index contributed by atoms with van der Waals surface area (Å²) in [4.78, 5) is 10.1. The lowest BCUT2D eigenvalue weighted by atomic mass is 10.1. The predicted octanol–water partition coefficient (Wildman–Crippen LogP) is -0.525. The summed E-state index contributed by atoms with van der Waals surface area (Å²) in [5.41, 5.74) is 10.3. The lowest BCUT2D eigenvalue weighted by Gasteiger charge is -2.08. The Labute approximate surface area is 64.4 Å². The number of carboxylic acids is 1. The van der Waals surface area contributed by atoms with E-state index in [2.05, 4.69) is 0 Å². The molecule has 0 aliphatic carbocycles. The van der Waals surface area contributed by atoms with Gasteiger partial charge in [0.2, 0.25) is 0 Å². The molecule has 0 aliphatic heterocycles. The molecule has 5 heteroatoms. The molecule has 0 spiro atoms. The van der Waals surface area contributed by atoms with Crippen molar-refractivity contribution in [2.45, 2.75) is 24.9 Å². The van der Waals surface area contributed by atoms with Crippen LogP contribution >= 0.6 is 0 Å². The van der Waals surface area contributed by atoms with E-state index in [4.69, 9.17) is 16.6 Å². The lowest BCUT2D eigenvalue weighted by molar-refractivity contribution is -0.138. The van der Waals surface area contributed by atoms with Crippen LogP contribution in [0.5, 0.6) is 0 Å². The number of carboxylic acid groups (broad SMARTS) is 1. The van der Waals surface area contributed by atoms with Gasteiger partial charge in [0.25, 0.3) is 0 Å². The molecular weight excluding hydrogens is 151 g/mol. The van der Waals surface area contributed by atoms with Gasteiger partial charge in [-0.1, -0.05) is 0 Å². The van der Waals surface area contributed by atoms with E-state index in [1.54, 1.807) is 0 Å². The molecule has 0 aromatic heterocycles. The molecule has 0 heterocycles. The molecule has 0 amide bonds. The molecule has 4 nitrogen and oxygen atoms in total. The minimum absolute atomic E-state index is 0.223. The second-order valence-electron chi connectivity index (χ2n) is 2.44. The van der Waals surface area contributed by atoms with E-state index in [1.165, 1.54) is 0 Å². The number of nitrogens with two attached hydrogens (primary N) is 2. The Hall–Kier alpha value is -0.680. The molecule has 0 bridgehead atoms. The van der Waals surface area contributed by atoms with Crippen molar-refractivity contribution in [2.75, 3.05) is 6.67 Å². The molecule has 0 unspecified atom stereocenters.